The van der Waals surface area contributed by atoms with Gasteiger partial charge < -0.3 is 5.73 Å². The lowest BCUT2D eigenvalue weighted by atomic mass is 10.1. The van der Waals surface area contributed by atoms with Crippen LogP contribution in [0.4, 0.5) is 10.1 Å². The molecule has 3 rings (SSSR count). The number of rotatable bonds is 2. The summed E-state index contributed by atoms with van der Waals surface area (Å²) in [7, 11) is 0. The summed E-state index contributed by atoms with van der Waals surface area (Å²) in [5, 5.41) is 0. The maximum atomic E-state index is 13.1. The standard InChI is InChI=1S/C14H14FN3/c1-8-6-10(15)4-5-11(8)14-17-7-12(16)13(18-14)9-2-3-9/h4-7,9H,2-3,16H2,1H3. The molecule has 0 unspecified atom stereocenters. The van der Waals surface area contributed by atoms with Crippen LogP contribution in [-0.4, -0.2) is 9.97 Å². The molecule has 0 aliphatic heterocycles. The summed E-state index contributed by atoms with van der Waals surface area (Å²) < 4.78 is 13.1. The zero-order valence-electron chi connectivity index (χ0n) is 10.2. The number of hydrogen-bond donors (Lipinski definition) is 1. The van der Waals surface area contributed by atoms with Crippen molar-refractivity contribution in [2.75, 3.05) is 5.73 Å². The topological polar surface area (TPSA) is 51.8 Å². The largest absolute Gasteiger partial charge is 0.396 e. The fourth-order valence-corrected chi connectivity index (χ4v) is 2.10. The number of nitrogens with zero attached hydrogens (tertiary/aromatic N) is 2. The van der Waals surface area contributed by atoms with Gasteiger partial charge in [-0.15, -0.1) is 0 Å². The van der Waals surface area contributed by atoms with Crippen molar-refractivity contribution in [1.29, 1.82) is 0 Å². The van der Waals surface area contributed by atoms with E-state index in [0.717, 1.165) is 29.7 Å². The van der Waals surface area contributed by atoms with E-state index >= 15 is 0 Å². The van der Waals surface area contributed by atoms with Crippen molar-refractivity contribution in [1.82, 2.24) is 9.97 Å². The third-order valence-electron chi connectivity index (χ3n) is 3.24. The van der Waals surface area contributed by atoms with Crippen LogP contribution in [0.2, 0.25) is 0 Å². The van der Waals surface area contributed by atoms with Gasteiger partial charge in [-0.2, -0.15) is 0 Å². The van der Waals surface area contributed by atoms with Crippen molar-refractivity contribution in [3.8, 4) is 11.4 Å². The lowest BCUT2D eigenvalue weighted by molar-refractivity contribution is 0.627. The van der Waals surface area contributed by atoms with Crippen molar-refractivity contribution >= 4 is 5.69 Å². The molecule has 1 aromatic heterocycles. The molecular weight excluding hydrogens is 229 g/mol. The molecule has 1 aromatic carbocycles. The van der Waals surface area contributed by atoms with E-state index in [9.17, 15) is 4.39 Å². The third kappa shape index (κ3) is 1.94. The Morgan fingerprint density at radius 1 is 1.33 bits per heavy atom. The van der Waals surface area contributed by atoms with Crippen LogP contribution in [0.15, 0.2) is 24.4 Å². The molecule has 2 N–H and O–H groups in total. The van der Waals surface area contributed by atoms with Gasteiger partial charge in [0.25, 0.3) is 0 Å². The van der Waals surface area contributed by atoms with E-state index in [4.69, 9.17) is 5.73 Å². The van der Waals surface area contributed by atoms with E-state index in [-0.39, 0.29) is 5.82 Å². The van der Waals surface area contributed by atoms with Gasteiger partial charge >= 0.3 is 0 Å². The Balaban J connectivity index is 2.08. The Bertz CT molecular complexity index is 606. The Morgan fingerprint density at radius 2 is 2.11 bits per heavy atom. The smallest absolute Gasteiger partial charge is 0.159 e. The van der Waals surface area contributed by atoms with Gasteiger partial charge in [0.15, 0.2) is 5.82 Å². The molecule has 0 bridgehead atoms. The van der Waals surface area contributed by atoms with E-state index in [1.165, 1.54) is 12.1 Å². The van der Waals surface area contributed by atoms with E-state index < -0.39 is 0 Å². The first-order valence-electron chi connectivity index (χ1n) is 6.04. The second kappa shape index (κ2) is 4.05. The second-order valence-corrected chi connectivity index (χ2v) is 4.77. The highest BCUT2D eigenvalue weighted by atomic mass is 19.1. The summed E-state index contributed by atoms with van der Waals surface area (Å²) in [6.07, 6.45) is 3.94. The van der Waals surface area contributed by atoms with Crippen LogP contribution in [0, 0.1) is 12.7 Å². The maximum Gasteiger partial charge on any atom is 0.159 e. The molecule has 0 saturated heterocycles. The minimum absolute atomic E-state index is 0.242. The molecule has 1 fully saturated rings. The molecule has 92 valence electrons. The zero-order valence-corrected chi connectivity index (χ0v) is 10.2. The Kier molecular flexibility index (Phi) is 2.51. The minimum atomic E-state index is -0.242. The van der Waals surface area contributed by atoms with Crippen LogP contribution >= 0.6 is 0 Å². The molecule has 1 aliphatic carbocycles. The van der Waals surface area contributed by atoms with Crippen molar-refractivity contribution in [2.45, 2.75) is 25.7 Å². The number of aromatic nitrogens is 2. The van der Waals surface area contributed by atoms with Crippen molar-refractivity contribution in [2.24, 2.45) is 0 Å². The normalized spacial score (nSPS) is 14.8. The predicted molar refractivity (Wildman–Crippen MR) is 68.6 cm³/mol. The molecule has 0 spiro atoms. The van der Waals surface area contributed by atoms with Crippen LogP contribution in [0.5, 0.6) is 0 Å². The average molecular weight is 243 g/mol. The molecular formula is C14H14FN3. The summed E-state index contributed by atoms with van der Waals surface area (Å²) in [6.45, 7) is 1.86. The van der Waals surface area contributed by atoms with Gasteiger partial charge in [0.2, 0.25) is 0 Å². The van der Waals surface area contributed by atoms with E-state index in [2.05, 4.69) is 9.97 Å². The van der Waals surface area contributed by atoms with Gasteiger partial charge in [-0.25, -0.2) is 14.4 Å². The van der Waals surface area contributed by atoms with Gasteiger partial charge in [-0.05, 0) is 43.5 Å². The van der Waals surface area contributed by atoms with E-state index in [1.807, 2.05) is 6.92 Å². The average Bonchev–Trinajstić information content (AvgIpc) is 3.14. The van der Waals surface area contributed by atoms with Gasteiger partial charge in [-0.1, -0.05) is 0 Å². The molecule has 4 heteroatoms. The Morgan fingerprint density at radius 3 is 2.78 bits per heavy atom. The minimum Gasteiger partial charge on any atom is -0.396 e. The fourth-order valence-electron chi connectivity index (χ4n) is 2.10. The van der Waals surface area contributed by atoms with Crippen molar-refractivity contribution in [3.63, 3.8) is 0 Å². The summed E-state index contributed by atoms with van der Waals surface area (Å²) in [5.41, 5.74) is 9.17. The van der Waals surface area contributed by atoms with Crippen LogP contribution < -0.4 is 5.73 Å². The first-order chi connectivity index (χ1) is 8.65. The van der Waals surface area contributed by atoms with Crippen molar-refractivity contribution < 1.29 is 4.39 Å². The molecule has 0 atom stereocenters. The highest BCUT2D eigenvalue weighted by Gasteiger charge is 2.27. The van der Waals surface area contributed by atoms with Gasteiger partial charge in [0.05, 0.1) is 17.6 Å². The molecule has 0 radical (unpaired) electrons. The molecule has 3 nitrogen and oxygen atoms in total. The highest BCUT2D eigenvalue weighted by molar-refractivity contribution is 5.61. The maximum absolute atomic E-state index is 13.1. The number of hydrogen-bond acceptors (Lipinski definition) is 3. The third-order valence-corrected chi connectivity index (χ3v) is 3.24. The number of nitrogen functional groups attached to an aromatic ring is 1. The SMILES string of the molecule is Cc1cc(F)ccc1-c1ncc(N)c(C2CC2)n1. The molecule has 1 saturated carbocycles. The first kappa shape index (κ1) is 11.1. The molecule has 18 heavy (non-hydrogen) atoms. The van der Waals surface area contributed by atoms with Gasteiger partial charge in [0, 0.05) is 11.5 Å². The number of halogens is 1. The molecule has 1 aliphatic rings. The highest BCUT2D eigenvalue weighted by Crippen LogP contribution is 2.41. The summed E-state index contributed by atoms with van der Waals surface area (Å²) in [4.78, 5) is 8.79. The molecule has 2 aromatic rings. The van der Waals surface area contributed by atoms with Crippen LogP contribution in [0.25, 0.3) is 11.4 Å². The Labute approximate surface area is 105 Å². The van der Waals surface area contributed by atoms with Gasteiger partial charge in [-0.3, -0.25) is 0 Å². The molecule has 1 heterocycles. The number of aryl methyl sites for hydroxylation is 1. The fraction of sp³-hybridized carbons (Fsp3) is 0.286. The second-order valence-electron chi connectivity index (χ2n) is 4.77. The van der Waals surface area contributed by atoms with Crippen molar-refractivity contribution in [3.05, 3.63) is 41.5 Å². The lowest BCUT2D eigenvalue weighted by Gasteiger charge is -2.08. The quantitative estimate of drug-likeness (QED) is 0.882. The summed E-state index contributed by atoms with van der Waals surface area (Å²) in [5.74, 6) is 0.866. The van der Waals surface area contributed by atoms with Crippen LogP contribution in [-0.2, 0) is 0 Å². The zero-order chi connectivity index (χ0) is 12.7. The summed E-state index contributed by atoms with van der Waals surface area (Å²) in [6, 6.07) is 4.64. The summed E-state index contributed by atoms with van der Waals surface area (Å²) >= 11 is 0. The predicted octanol–water partition coefficient (Wildman–Crippen LogP) is 3.05. The number of nitrogens with two attached hydrogens (primary N) is 1. The van der Waals surface area contributed by atoms with E-state index in [1.54, 1.807) is 12.3 Å². The first-order valence-corrected chi connectivity index (χ1v) is 6.04. The van der Waals surface area contributed by atoms with Gasteiger partial charge in [0.1, 0.15) is 5.82 Å². The lowest BCUT2D eigenvalue weighted by Crippen LogP contribution is -2.01. The van der Waals surface area contributed by atoms with E-state index in [0.29, 0.717) is 17.4 Å². The Hall–Kier alpha value is -1.97. The number of benzene rings is 1. The van der Waals surface area contributed by atoms with Crippen LogP contribution in [0.3, 0.4) is 0 Å². The van der Waals surface area contributed by atoms with Crippen LogP contribution in [0.1, 0.15) is 30.0 Å². The number of anilines is 1. The molecule has 0 amide bonds. The monoisotopic (exact) mass is 243 g/mol.